The third kappa shape index (κ3) is 3.32. The summed E-state index contributed by atoms with van der Waals surface area (Å²) in [7, 11) is 0. The average Bonchev–Trinajstić information content (AvgIpc) is 2.16. The van der Waals surface area contributed by atoms with E-state index in [0.29, 0.717) is 6.42 Å². The Balaban J connectivity index is 2.80. The minimum absolute atomic E-state index is 0.261. The van der Waals surface area contributed by atoms with Crippen molar-refractivity contribution in [3.8, 4) is 0 Å². The van der Waals surface area contributed by atoms with Gasteiger partial charge in [0.15, 0.2) is 0 Å². The monoisotopic (exact) mass is 285 g/mol. The third-order valence-electron chi connectivity index (χ3n) is 2.59. The van der Waals surface area contributed by atoms with Gasteiger partial charge in [-0.1, -0.05) is 28.1 Å². The molecule has 0 spiro atoms. The van der Waals surface area contributed by atoms with Gasteiger partial charge in [0.25, 0.3) is 0 Å². The van der Waals surface area contributed by atoms with E-state index in [-0.39, 0.29) is 6.04 Å². The van der Waals surface area contributed by atoms with Crippen LogP contribution in [-0.4, -0.2) is 11.1 Å². The smallest absolute Gasteiger partial charge is 0.309 e. The summed E-state index contributed by atoms with van der Waals surface area (Å²) in [6.07, 6.45) is 0.415. The molecule has 0 saturated heterocycles. The number of hydrogen-bond acceptors (Lipinski definition) is 2. The van der Waals surface area contributed by atoms with Crippen LogP contribution < -0.4 is 5.73 Å². The van der Waals surface area contributed by atoms with E-state index in [4.69, 9.17) is 10.8 Å². The molecule has 88 valence electrons. The SMILES string of the molecule is CC(C)(CC(N)c1cccc(Br)c1)C(=O)O. The second-order valence-corrected chi connectivity index (χ2v) is 5.47. The van der Waals surface area contributed by atoms with Crippen LogP contribution in [0.25, 0.3) is 0 Å². The second-order valence-electron chi connectivity index (χ2n) is 4.55. The van der Waals surface area contributed by atoms with E-state index in [9.17, 15) is 4.79 Å². The quantitative estimate of drug-likeness (QED) is 0.894. The molecular formula is C12H16BrNO2. The van der Waals surface area contributed by atoms with Crippen LogP contribution in [0.5, 0.6) is 0 Å². The van der Waals surface area contributed by atoms with E-state index in [1.807, 2.05) is 24.3 Å². The molecule has 1 rings (SSSR count). The first-order chi connectivity index (χ1) is 7.33. The highest BCUT2D eigenvalue weighted by Gasteiger charge is 2.29. The predicted molar refractivity (Wildman–Crippen MR) is 67.1 cm³/mol. The van der Waals surface area contributed by atoms with Crippen LogP contribution in [0.3, 0.4) is 0 Å². The maximum absolute atomic E-state index is 11.0. The van der Waals surface area contributed by atoms with Gasteiger partial charge in [0, 0.05) is 10.5 Å². The highest BCUT2D eigenvalue weighted by atomic mass is 79.9. The first-order valence-electron chi connectivity index (χ1n) is 5.07. The number of carbonyl (C=O) groups is 1. The molecule has 0 aliphatic rings. The zero-order chi connectivity index (χ0) is 12.3. The van der Waals surface area contributed by atoms with E-state index in [1.165, 1.54) is 0 Å². The van der Waals surface area contributed by atoms with E-state index in [2.05, 4.69) is 15.9 Å². The van der Waals surface area contributed by atoms with E-state index >= 15 is 0 Å². The van der Waals surface area contributed by atoms with Crippen LogP contribution in [0.2, 0.25) is 0 Å². The fourth-order valence-electron chi connectivity index (χ4n) is 1.49. The minimum Gasteiger partial charge on any atom is -0.481 e. The molecule has 4 heteroatoms. The van der Waals surface area contributed by atoms with Crippen LogP contribution in [-0.2, 0) is 4.79 Å². The van der Waals surface area contributed by atoms with Gasteiger partial charge in [0.1, 0.15) is 0 Å². The van der Waals surface area contributed by atoms with Crippen molar-refractivity contribution in [3.05, 3.63) is 34.3 Å². The van der Waals surface area contributed by atoms with Crippen LogP contribution in [0.15, 0.2) is 28.7 Å². The maximum Gasteiger partial charge on any atom is 0.309 e. The van der Waals surface area contributed by atoms with Gasteiger partial charge < -0.3 is 10.8 Å². The lowest BCUT2D eigenvalue weighted by Gasteiger charge is -2.23. The lowest BCUT2D eigenvalue weighted by Crippen LogP contribution is -2.28. The molecule has 3 nitrogen and oxygen atoms in total. The Morgan fingerprint density at radius 3 is 2.69 bits per heavy atom. The number of nitrogens with two attached hydrogens (primary N) is 1. The number of rotatable bonds is 4. The lowest BCUT2D eigenvalue weighted by atomic mass is 9.84. The Hall–Kier alpha value is -0.870. The Kier molecular flexibility index (Phi) is 4.10. The number of aliphatic carboxylic acids is 1. The summed E-state index contributed by atoms with van der Waals surface area (Å²) in [5.41, 5.74) is 6.15. The van der Waals surface area contributed by atoms with Crippen molar-refractivity contribution in [2.24, 2.45) is 11.1 Å². The second kappa shape index (κ2) is 4.97. The van der Waals surface area contributed by atoms with E-state index in [1.54, 1.807) is 13.8 Å². The van der Waals surface area contributed by atoms with Crippen molar-refractivity contribution in [1.82, 2.24) is 0 Å². The Labute approximate surface area is 104 Å². The molecule has 1 unspecified atom stereocenters. The first-order valence-corrected chi connectivity index (χ1v) is 5.86. The molecule has 16 heavy (non-hydrogen) atoms. The molecule has 0 radical (unpaired) electrons. The molecule has 0 bridgehead atoms. The van der Waals surface area contributed by atoms with Gasteiger partial charge in [-0.3, -0.25) is 4.79 Å². The lowest BCUT2D eigenvalue weighted by molar-refractivity contribution is -0.147. The molecule has 0 aliphatic heterocycles. The minimum atomic E-state index is -0.821. The van der Waals surface area contributed by atoms with Crippen LogP contribution in [0.1, 0.15) is 31.9 Å². The third-order valence-corrected chi connectivity index (χ3v) is 3.08. The van der Waals surface area contributed by atoms with Gasteiger partial charge in [-0.15, -0.1) is 0 Å². The van der Waals surface area contributed by atoms with Gasteiger partial charge in [-0.2, -0.15) is 0 Å². The topological polar surface area (TPSA) is 63.3 Å². The summed E-state index contributed by atoms with van der Waals surface area (Å²) >= 11 is 3.37. The fraction of sp³-hybridized carbons (Fsp3) is 0.417. The molecule has 1 aromatic carbocycles. The number of hydrogen-bond donors (Lipinski definition) is 2. The summed E-state index contributed by atoms with van der Waals surface area (Å²) in [5.74, 6) is -0.821. The van der Waals surface area contributed by atoms with Gasteiger partial charge in [0.05, 0.1) is 5.41 Å². The number of carboxylic acids is 1. The maximum atomic E-state index is 11.0. The number of carboxylic acid groups (broad SMARTS) is 1. The Morgan fingerprint density at radius 2 is 2.19 bits per heavy atom. The molecule has 0 fully saturated rings. The molecular weight excluding hydrogens is 270 g/mol. The molecule has 0 heterocycles. The van der Waals surface area contributed by atoms with E-state index in [0.717, 1.165) is 10.0 Å². The van der Waals surface area contributed by atoms with Crippen molar-refractivity contribution >= 4 is 21.9 Å². The fourth-order valence-corrected chi connectivity index (χ4v) is 1.91. The van der Waals surface area contributed by atoms with Gasteiger partial charge >= 0.3 is 5.97 Å². The first kappa shape index (κ1) is 13.2. The predicted octanol–water partition coefficient (Wildman–Crippen LogP) is 2.95. The molecule has 0 aromatic heterocycles. The molecule has 1 aromatic rings. The molecule has 0 amide bonds. The van der Waals surface area contributed by atoms with Crippen molar-refractivity contribution in [2.45, 2.75) is 26.3 Å². The highest BCUT2D eigenvalue weighted by molar-refractivity contribution is 9.10. The molecule has 1 atom stereocenters. The van der Waals surface area contributed by atoms with Gasteiger partial charge in [0.2, 0.25) is 0 Å². The normalized spacial score (nSPS) is 13.5. The van der Waals surface area contributed by atoms with E-state index < -0.39 is 11.4 Å². The molecule has 0 saturated carbocycles. The zero-order valence-corrected chi connectivity index (χ0v) is 11.0. The molecule has 0 aliphatic carbocycles. The average molecular weight is 286 g/mol. The molecule has 3 N–H and O–H groups in total. The summed E-state index contributed by atoms with van der Waals surface area (Å²) in [6, 6.07) is 7.38. The van der Waals surface area contributed by atoms with Crippen LogP contribution in [0, 0.1) is 5.41 Å². The Bertz CT molecular complexity index is 390. The number of benzene rings is 1. The van der Waals surface area contributed by atoms with Crippen molar-refractivity contribution in [2.75, 3.05) is 0 Å². The highest BCUT2D eigenvalue weighted by Crippen LogP contribution is 2.29. The summed E-state index contributed by atoms with van der Waals surface area (Å²) in [6.45, 7) is 3.38. The largest absolute Gasteiger partial charge is 0.481 e. The van der Waals surface area contributed by atoms with Crippen molar-refractivity contribution in [1.29, 1.82) is 0 Å². The number of halogens is 1. The summed E-state index contributed by atoms with van der Waals surface area (Å²) in [5, 5.41) is 9.03. The summed E-state index contributed by atoms with van der Waals surface area (Å²) in [4.78, 5) is 11.0. The van der Waals surface area contributed by atoms with Gasteiger partial charge in [-0.25, -0.2) is 0 Å². The zero-order valence-electron chi connectivity index (χ0n) is 9.40. The van der Waals surface area contributed by atoms with Crippen molar-refractivity contribution in [3.63, 3.8) is 0 Å². The van der Waals surface area contributed by atoms with Crippen molar-refractivity contribution < 1.29 is 9.90 Å². The standard InChI is InChI=1S/C12H16BrNO2/c1-12(2,11(15)16)7-10(14)8-4-3-5-9(13)6-8/h3-6,10H,7,14H2,1-2H3,(H,15,16). The van der Waals surface area contributed by atoms with Crippen LogP contribution in [0.4, 0.5) is 0 Å². The van der Waals surface area contributed by atoms with Gasteiger partial charge in [-0.05, 0) is 38.0 Å². The Morgan fingerprint density at radius 1 is 1.56 bits per heavy atom. The summed E-state index contributed by atoms with van der Waals surface area (Å²) < 4.78 is 0.952. The van der Waals surface area contributed by atoms with Crippen LogP contribution >= 0.6 is 15.9 Å².